The van der Waals surface area contributed by atoms with Gasteiger partial charge in [-0.1, -0.05) is 65.2 Å². The van der Waals surface area contributed by atoms with Gasteiger partial charge in [-0.3, -0.25) is 0 Å². The van der Waals surface area contributed by atoms with Crippen molar-refractivity contribution in [1.82, 2.24) is 0 Å². The number of aryl methyl sites for hydroxylation is 2. The summed E-state index contributed by atoms with van der Waals surface area (Å²) in [6.07, 6.45) is 25.2. The van der Waals surface area contributed by atoms with E-state index in [1.165, 1.54) is 88.2 Å². The largest absolute Gasteiger partial charge is 0.205 e. The Balaban J connectivity index is 1.76. The van der Waals surface area contributed by atoms with Gasteiger partial charge in [-0.25, -0.2) is 9.13 Å². The van der Waals surface area contributed by atoms with Gasteiger partial charge in [-0.05, 0) is 24.5 Å². The van der Waals surface area contributed by atoms with Crippen LogP contribution in [0.15, 0.2) is 49.1 Å². The van der Waals surface area contributed by atoms with Crippen LogP contribution in [-0.2, 0) is 13.1 Å². The summed E-state index contributed by atoms with van der Waals surface area (Å²) in [4.78, 5) is 0. The first-order valence-electron chi connectivity index (χ1n) is 11.8. The summed E-state index contributed by atoms with van der Waals surface area (Å²) in [7, 11) is 0. The Morgan fingerprint density at radius 3 is 1.68 bits per heavy atom. The van der Waals surface area contributed by atoms with Crippen molar-refractivity contribution in [1.29, 1.82) is 0 Å². The molecule has 0 fully saturated rings. The number of aromatic nitrogens is 2. The van der Waals surface area contributed by atoms with E-state index in [1.54, 1.807) is 0 Å². The predicted octanol–water partition coefficient (Wildman–Crippen LogP) is 6.65. The smallest absolute Gasteiger partial charge is 0.176 e. The number of hydrogen-bond donors (Lipinski definition) is 0. The van der Waals surface area contributed by atoms with E-state index in [-0.39, 0.29) is 0 Å². The van der Waals surface area contributed by atoms with Crippen molar-refractivity contribution >= 4 is 0 Å². The minimum atomic E-state index is 1.13. The van der Waals surface area contributed by atoms with Gasteiger partial charge in [0, 0.05) is 36.6 Å². The van der Waals surface area contributed by atoms with Crippen LogP contribution in [0, 0.1) is 0 Å². The van der Waals surface area contributed by atoms with E-state index in [0.717, 1.165) is 13.1 Å². The summed E-state index contributed by atoms with van der Waals surface area (Å²) >= 11 is 0. The molecule has 0 N–H and O–H groups in total. The monoisotopic (exact) mass is 382 g/mol. The van der Waals surface area contributed by atoms with Crippen LogP contribution in [0.3, 0.4) is 0 Å². The van der Waals surface area contributed by atoms with Crippen LogP contribution >= 0.6 is 0 Å². The normalized spacial score (nSPS) is 11.1. The fraction of sp³-hybridized carbons (Fsp3) is 0.615. The van der Waals surface area contributed by atoms with Crippen molar-refractivity contribution in [3.8, 4) is 11.1 Å². The van der Waals surface area contributed by atoms with E-state index in [2.05, 4.69) is 72.0 Å². The van der Waals surface area contributed by atoms with Gasteiger partial charge in [-0.2, -0.15) is 0 Å². The summed E-state index contributed by atoms with van der Waals surface area (Å²) in [6.45, 7) is 6.82. The lowest BCUT2D eigenvalue weighted by atomic mass is 10.1. The highest BCUT2D eigenvalue weighted by Crippen LogP contribution is 2.15. The van der Waals surface area contributed by atoms with Crippen LogP contribution in [-0.4, -0.2) is 0 Å². The molecule has 0 saturated heterocycles. The number of hydrogen-bond acceptors (Lipinski definition) is 0. The minimum absolute atomic E-state index is 1.13. The summed E-state index contributed by atoms with van der Waals surface area (Å²) < 4.78 is 4.68. The fourth-order valence-electron chi connectivity index (χ4n) is 3.78. The molecule has 2 heterocycles. The lowest BCUT2D eigenvalue weighted by molar-refractivity contribution is -0.697. The van der Waals surface area contributed by atoms with Gasteiger partial charge < -0.3 is 0 Å². The summed E-state index contributed by atoms with van der Waals surface area (Å²) in [5.41, 5.74) is 2.64. The first-order chi connectivity index (χ1) is 13.8. The molecule has 2 aromatic rings. The third kappa shape index (κ3) is 8.99. The fourth-order valence-corrected chi connectivity index (χ4v) is 3.78. The van der Waals surface area contributed by atoms with Crippen LogP contribution in [0.1, 0.15) is 90.9 Å². The SMILES string of the molecule is CCCCCCCC[n+]1ccc(-c2ccc[n+](CCCCCCCC)c2)cc1. The van der Waals surface area contributed by atoms with E-state index >= 15 is 0 Å². The third-order valence-electron chi connectivity index (χ3n) is 5.62. The molecule has 0 saturated carbocycles. The maximum Gasteiger partial charge on any atom is 0.176 e. The Kier molecular flexibility index (Phi) is 11.6. The molecule has 2 rings (SSSR count). The van der Waals surface area contributed by atoms with Crippen LogP contribution in [0.2, 0.25) is 0 Å². The van der Waals surface area contributed by atoms with Crippen molar-refractivity contribution in [3.05, 3.63) is 49.1 Å². The van der Waals surface area contributed by atoms with Gasteiger partial charge in [0.05, 0.1) is 0 Å². The van der Waals surface area contributed by atoms with Crippen molar-refractivity contribution in [2.45, 2.75) is 104 Å². The van der Waals surface area contributed by atoms with Crippen molar-refractivity contribution in [3.63, 3.8) is 0 Å². The van der Waals surface area contributed by atoms with E-state index in [4.69, 9.17) is 0 Å². The number of rotatable bonds is 15. The molecule has 0 spiro atoms. The highest BCUT2D eigenvalue weighted by Gasteiger charge is 2.07. The van der Waals surface area contributed by atoms with Crippen LogP contribution in [0.4, 0.5) is 0 Å². The van der Waals surface area contributed by atoms with Gasteiger partial charge in [0.2, 0.25) is 0 Å². The lowest BCUT2D eigenvalue weighted by Crippen LogP contribution is -2.33. The molecule has 0 amide bonds. The topological polar surface area (TPSA) is 7.76 Å². The van der Waals surface area contributed by atoms with Gasteiger partial charge >= 0.3 is 0 Å². The van der Waals surface area contributed by atoms with Crippen molar-refractivity contribution in [2.75, 3.05) is 0 Å². The summed E-state index contributed by atoms with van der Waals surface area (Å²) in [5, 5.41) is 0. The van der Waals surface area contributed by atoms with E-state index < -0.39 is 0 Å². The van der Waals surface area contributed by atoms with Gasteiger partial charge in [-0.15, -0.1) is 0 Å². The first-order valence-corrected chi connectivity index (χ1v) is 11.8. The molecule has 2 aromatic heterocycles. The molecule has 0 aliphatic rings. The molecule has 0 aromatic carbocycles. The molecule has 0 bridgehead atoms. The Morgan fingerprint density at radius 1 is 0.536 bits per heavy atom. The standard InChI is InChI=1S/C26H42N2/c1-3-5-7-9-11-13-19-27-22-17-25(18-23-27)26-16-15-21-28(24-26)20-14-12-10-8-6-4-2/h15-18,21-24H,3-14,19-20H2,1-2H3/q+2. The average Bonchev–Trinajstić information content (AvgIpc) is 2.74. The molecule has 0 atom stereocenters. The zero-order valence-electron chi connectivity index (χ0n) is 18.4. The van der Waals surface area contributed by atoms with Gasteiger partial charge in [0.15, 0.2) is 24.8 Å². The van der Waals surface area contributed by atoms with Crippen LogP contribution in [0.5, 0.6) is 0 Å². The van der Waals surface area contributed by atoms with Crippen molar-refractivity contribution < 1.29 is 9.13 Å². The second-order valence-electron chi connectivity index (χ2n) is 8.19. The van der Waals surface area contributed by atoms with Gasteiger partial charge in [0.1, 0.15) is 13.1 Å². The molecular formula is C26H42N2+2. The third-order valence-corrected chi connectivity index (χ3v) is 5.62. The Morgan fingerprint density at radius 2 is 1.07 bits per heavy atom. The van der Waals surface area contributed by atoms with E-state index in [0.29, 0.717) is 0 Å². The Bertz CT molecular complexity index is 633. The van der Waals surface area contributed by atoms with Crippen LogP contribution in [0.25, 0.3) is 11.1 Å². The number of unbranched alkanes of at least 4 members (excludes halogenated alkanes) is 10. The second kappa shape index (κ2) is 14.3. The van der Waals surface area contributed by atoms with Crippen molar-refractivity contribution in [2.24, 2.45) is 0 Å². The van der Waals surface area contributed by atoms with Crippen LogP contribution < -0.4 is 9.13 Å². The summed E-state index contributed by atoms with van der Waals surface area (Å²) in [6, 6.07) is 8.94. The number of nitrogens with zero attached hydrogens (tertiary/aromatic N) is 2. The predicted molar refractivity (Wildman–Crippen MR) is 119 cm³/mol. The highest BCUT2D eigenvalue weighted by molar-refractivity contribution is 5.60. The average molecular weight is 383 g/mol. The van der Waals surface area contributed by atoms with E-state index in [1.807, 2.05) is 0 Å². The van der Waals surface area contributed by atoms with Gasteiger partial charge in [0.25, 0.3) is 0 Å². The summed E-state index contributed by atoms with van der Waals surface area (Å²) in [5.74, 6) is 0. The zero-order valence-corrected chi connectivity index (χ0v) is 18.4. The molecule has 0 aliphatic heterocycles. The minimum Gasteiger partial charge on any atom is -0.205 e. The molecule has 2 nitrogen and oxygen atoms in total. The number of pyridine rings is 2. The first kappa shape index (κ1) is 22.6. The Labute approximate surface area is 173 Å². The molecule has 154 valence electrons. The maximum atomic E-state index is 2.35. The Hall–Kier alpha value is -1.70. The molecule has 0 radical (unpaired) electrons. The second-order valence-corrected chi connectivity index (χ2v) is 8.19. The molecule has 28 heavy (non-hydrogen) atoms. The lowest BCUT2D eigenvalue weighted by Gasteiger charge is -2.03. The highest BCUT2D eigenvalue weighted by atomic mass is 14.9. The van der Waals surface area contributed by atoms with E-state index in [9.17, 15) is 0 Å². The quantitative estimate of drug-likeness (QED) is 0.241. The molecular weight excluding hydrogens is 340 g/mol. The molecule has 2 heteroatoms. The molecule has 0 unspecified atom stereocenters. The zero-order chi connectivity index (χ0) is 19.9. The molecule has 0 aliphatic carbocycles. The maximum absolute atomic E-state index is 2.35.